The first-order valence-corrected chi connectivity index (χ1v) is 8.86. The van der Waals surface area contributed by atoms with E-state index in [2.05, 4.69) is 17.3 Å². The number of rotatable bonds is 7. The first-order valence-electron chi connectivity index (χ1n) is 8.48. The van der Waals surface area contributed by atoms with Crippen LogP contribution in [0.4, 0.5) is 5.69 Å². The predicted octanol–water partition coefficient (Wildman–Crippen LogP) is 4.40. The van der Waals surface area contributed by atoms with Crippen LogP contribution in [0.1, 0.15) is 22.8 Å². The minimum atomic E-state index is -0.329. The van der Waals surface area contributed by atoms with Gasteiger partial charge in [-0.2, -0.15) is 5.10 Å². The van der Waals surface area contributed by atoms with E-state index >= 15 is 0 Å². The van der Waals surface area contributed by atoms with E-state index in [1.165, 1.54) is 12.7 Å². The van der Waals surface area contributed by atoms with Gasteiger partial charge in [-0.05, 0) is 42.3 Å². The van der Waals surface area contributed by atoms with E-state index in [4.69, 9.17) is 21.1 Å². The van der Waals surface area contributed by atoms with Crippen molar-refractivity contribution in [1.82, 2.24) is 9.78 Å². The SMILES string of the molecule is CCc1ccc(OCn2cc(NC(=O)c3cc(Cl)ccc3OC)cn2)cc1. The molecule has 2 aromatic carbocycles. The fraction of sp³-hybridized carbons (Fsp3) is 0.200. The van der Waals surface area contributed by atoms with E-state index in [0.29, 0.717) is 22.0 Å². The van der Waals surface area contributed by atoms with E-state index in [1.807, 2.05) is 24.3 Å². The maximum Gasteiger partial charge on any atom is 0.259 e. The highest BCUT2D eigenvalue weighted by Crippen LogP contribution is 2.23. The molecular formula is C20H20ClN3O3. The molecule has 140 valence electrons. The lowest BCUT2D eigenvalue weighted by atomic mass is 10.2. The van der Waals surface area contributed by atoms with Crippen LogP contribution in [-0.4, -0.2) is 22.8 Å². The summed E-state index contributed by atoms with van der Waals surface area (Å²) in [5.74, 6) is 0.880. The van der Waals surface area contributed by atoms with Gasteiger partial charge in [-0.1, -0.05) is 30.7 Å². The van der Waals surface area contributed by atoms with Crippen molar-refractivity contribution in [2.45, 2.75) is 20.1 Å². The quantitative estimate of drug-likeness (QED) is 0.654. The average Bonchev–Trinajstić information content (AvgIpc) is 3.14. The molecule has 0 atom stereocenters. The van der Waals surface area contributed by atoms with Crippen LogP contribution in [0.25, 0.3) is 0 Å². The molecule has 1 N–H and O–H groups in total. The zero-order valence-corrected chi connectivity index (χ0v) is 15.9. The zero-order valence-electron chi connectivity index (χ0n) is 15.1. The number of hydrogen-bond acceptors (Lipinski definition) is 4. The fourth-order valence-corrected chi connectivity index (χ4v) is 2.69. The Morgan fingerprint density at radius 1 is 1.22 bits per heavy atom. The van der Waals surface area contributed by atoms with Gasteiger partial charge in [0.2, 0.25) is 0 Å². The van der Waals surface area contributed by atoms with Crippen LogP contribution in [0.2, 0.25) is 5.02 Å². The van der Waals surface area contributed by atoms with E-state index < -0.39 is 0 Å². The molecule has 0 bridgehead atoms. The number of ether oxygens (including phenoxy) is 2. The average molecular weight is 386 g/mol. The number of benzene rings is 2. The molecule has 3 rings (SSSR count). The minimum absolute atomic E-state index is 0.238. The normalized spacial score (nSPS) is 10.5. The first-order chi connectivity index (χ1) is 13.1. The van der Waals surface area contributed by atoms with Gasteiger partial charge in [0, 0.05) is 5.02 Å². The van der Waals surface area contributed by atoms with Gasteiger partial charge in [-0.3, -0.25) is 4.79 Å². The number of amides is 1. The number of carbonyl (C=O) groups excluding carboxylic acids is 1. The van der Waals surface area contributed by atoms with Crippen LogP contribution >= 0.6 is 11.6 Å². The summed E-state index contributed by atoms with van der Waals surface area (Å²) in [5.41, 5.74) is 2.15. The molecule has 0 saturated heterocycles. The molecule has 0 aliphatic carbocycles. The molecule has 3 aromatic rings. The van der Waals surface area contributed by atoms with E-state index in [1.54, 1.807) is 35.3 Å². The molecule has 6 nitrogen and oxygen atoms in total. The molecule has 0 fully saturated rings. The Labute approximate surface area is 162 Å². The fourth-order valence-electron chi connectivity index (χ4n) is 2.52. The van der Waals surface area contributed by atoms with Crippen molar-refractivity contribution in [3.8, 4) is 11.5 Å². The van der Waals surface area contributed by atoms with Gasteiger partial charge < -0.3 is 14.8 Å². The van der Waals surface area contributed by atoms with Crippen molar-refractivity contribution in [2.24, 2.45) is 0 Å². The number of aromatic nitrogens is 2. The van der Waals surface area contributed by atoms with E-state index in [0.717, 1.165) is 12.2 Å². The molecule has 0 spiro atoms. The van der Waals surface area contributed by atoms with Crippen LogP contribution in [0.5, 0.6) is 11.5 Å². The summed E-state index contributed by atoms with van der Waals surface area (Å²) in [6, 6.07) is 12.8. The van der Waals surface area contributed by atoms with Crippen LogP contribution in [0.15, 0.2) is 54.9 Å². The summed E-state index contributed by atoms with van der Waals surface area (Å²) in [7, 11) is 1.50. The van der Waals surface area contributed by atoms with Crippen molar-refractivity contribution in [1.29, 1.82) is 0 Å². The lowest BCUT2D eigenvalue weighted by Crippen LogP contribution is -2.13. The minimum Gasteiger partial charge on any atom is -0.496 e. The molecule has 1 heterocycles. The summed E-state index contributed by atoms with van der Waals surface area (Å²) >= 11 is 5.97. The topological polar surface area (TPSA) is 65.4 Å². The molecule has 0 unspecified atom stereocenters. The highest BCUT2D eigenvalue weighted by Gasteiger charge is 2.14. The van der Waals surface area contributed by atoms with E-state index in [-0.39, 0.29) is 12.6 Å². The molecule has 0 aliphatic rings. The van der Waals surface area contributed by atoms with Crippen LogP contribution in [0, 0.1) is 0 Å². The Balaban J connectivity index is 1.62. The lowest BCUT2D eigenvalue weighted by Gasteiger charge is -2.08. The second kappa shape index (κ2) is 8.60. The summed E-state index contributed by atoms with van der Waals surface area (Å²) in [4.78, 5) is 12.5. The van der Waals surface area contributed by atoms with Gasteiger partial charge in [-0.15, -0.1) is 0 Å². The third-order valence-electron chi connectivity index (χ3n) is 3.99. The third-order valence-corrected chi connectivity index (χ3v) is 4.23. The van der Waals surface area contributed by atoms with Crippen molar-refractivity contribution in [2.75, 3.05) is 12.4 Å². The second-order valence-electron chi connectivity index (χ2n) is 5.84. The summed E-state index contributed by atoms with van der Waals surface area (Å²) in [6.45, 7) is 2.34. The van der Waals surface area contributed by atoms with Gasteiger partial charge in [0.05, 0.1) is 30.8 Å². The number of anilines is 1. The number of carbonyl (C=O) groups is 1. The molecule has 0 radical (unpaired) electrons. The van der Waals surface area contributed by atoms with Crippen LogP contribution in [-0.2, 0) is 13.2 Å². The van der Waals surface area contributed by atoms with Gasteiger partial charge in [0.15, 0.2) is 6.73 Å². The first kappa shape index (κ1) is 18.8. The van der Waals surface area contributed by atoms with Crippen molar-refractivity contribution in [3.63, 3.8) is 0 Å². The molecule has 0 aliphatic heterocycles. The summed E-state index contributed by atoms with van der Waals surface area (Å²) < 4.78 is 12.5. The maximum absolute atomic E-state index is 12.5. The third kappa shape index (κ3) is 4.80. The highest BCUT2D eigenvalue weighted by molar-refractivity contribution is 6.31. The number of aryl methyl sites for hydroxylation is 1. The Hall–Kier alpha value is -2.99. The number of nitrogens with one attached hydrogen (secondary N) is 1. The number of hydrogen-bond donors (Lipinski definition) is 1. The standard InChI is InChI=1S/C20H20ClN3O3/c1-3-14-4-7-17(8-5-14)27-13-24-12-16(11-22-24)23-20(25)18-10-15(21)6-9-19(18)26-2/h4-12H,3,13H2,1-2H3,(H,23,25). The smallest absolute Gasteiger partial charge is 0.259 e. The van der Waals surface area contributed by atoms with Crippen LogP contribution in [0.3, 0.4) is 0 Å². The van der Waals surface area contributed by atoms with Crippen molar-refractivity contribution in [3.05, 3.63) is 71.0 Å². The monoisotopic (exact) mass is 385 g/mol. The molecule has 27 heavy (non-hydrogen) atoms. The number of methoxy groups -OCH3 is 1. The van der Waals surface area contributed by atoms with Gasteiger partial charge in [-0.25, -0.2) is 4.68 Å². The summed E-state index contributed by atoms with van der Waals surface area (Å²) in [5, 5.41) is 7.43. The Kier molecular flexibility index (Phi) is 5.98. The van der Waals surface area contributed by atoms with Gasteiger partial charge in [0.1, 0.15) is 11.5 Å². The predicted molar refractivity (Wildman–Crippen MR) is 105 cm³/mol. The van der Waals surface area contributed by atoms with Gasteiger partial charge in [0.25, 0.3) is 5.91 Å². The Bertz CT molecular complexity index is 922. The highest BCUT2D eigenvalue weighted by atomic mass is 35.5. The van der Waals surface area contributed by atoms with Crippen LogP contribution < -0.4 is 14.8 Å². The number of nitrogens with zero attached hydrogens (tertiary/aromatic N) is 2. The van der Waals surface area contributed by atoms with Crippen molar-refractivity contribution >= 4 is 23.2 Å². The number of halogens is 1. The van der Waals surface area contributed by atoms with E-state index in [9.17, 15) is 4.79 Å². The molecule has 1 aromatic heterocycles. The van der Waals surface area contributed by atoms with Crippen molar-refractivity contribution < 1.29 is 14.3 Å². The Morgan fingerprint density at radius 3 is 2.70 bits per heavy atom. The molecular weight excluding hydrogens is 366 g/mol. The largest absolute Gasteiger partial charge is 0.496 e. The Morgan fingerprint density at radius 2 is 2.00 bits per heavy atom. The molecule has 1 amide bonds. The summed E-state index contributed by atoms with van der Waals surface area (Å²) in [6.07, 6.45) is 4.23. The van der Waals surface area contributed by atoms with Gasteiger partial charge >= 0.3 is 0 Å². The lowest BCUT2D eigenvalue weighted by molar-refractivity contribution is 0.102. The zero-order chi connectivity index (χ0) is 19.2. The molecule has 7 heteroatoms. The molecule has 0 saturated carbocycles. The second-order valence-corrected chi connectivity index (χ2v) is 6.27. The maximum atomic E-state index is 12.5.